The highest BCUT2D eigenvalue weighted by atomic mass is 127. The predicted molar refractivity (Wildman–Crippen MR) is 61.8 cm³/mol. The van der Waals surface area contributed by atoms with Gasteiger partial charge in [-0.2, -0.15) is 5.26 Å². The van der Waals surface area contributed by atoms with Gasteiger partial charge in [0.15, 0.2) is 0 Å². The number of nitriles is 1. The molecule has 1 rings (SSSR count). The van der Waals surface area contributed by atoms with Crippen LogP contribution >= 0.6 is 38.5 Å². The maximum absolute atomic E-state index is 8.45. The van der Waals surface area contributed by atoms with Crippen molar-refractivity contribution in [3.8, 4) is 6.07 Å². The average molecular weight is 352 g/mol. The Morgan fingerprint density at radius 3 is 2.92 bits per heavy atom. The Morgan fingerprint density at radius 1 is 1.69 bits per heavy atom. The van der Waals surface area contributed by atoms with Crippen LogP contribution in [0.1, 0.15) is 18.2 Å². The van der Waals surface area contributed by atoms with Crippen LogP contribution in [0.15, 0.2) is 16.7 Å². The van der Waals surface area contributed by atoms with Crippen molar-refractivity contribution < 1.29 is 0 Å². The summed E-state index contributed by atoms with van der Waals surface area (Å²) in [5.41, 5.74) is 6.46. The van der Waals surface area contributed by atoms with Crippen LogP contribution in [0.5, 0.6) is 0 Å². The lowest BCUT2D eigenvalue weighted by atomic mass is 10.1. The van der Waals surface area contributed by atoms with Crippen LogP contribution in [0, 0.1) is 14.9 Å². The van der Waals surface area contributed by atoms with E-state index in [0.717, 1.165) is 13.9 Å². The predicted octanol–water partition coefficient (Wildman–Crippen LogP) is 2.36. The summed E-state index contributed by atoms with van der Waals surface area (Å²) >= 11 is 5.48. The van der Waals surface area contributed by atoms with Gasteiger partial charge in [0, 0.05) is 3.57 Å². The molecule has 0 aromatic carbocycles. The Balaban J connectivity index is 2.91. The molecule has 0 saturated carbocycles. The van der Waals surface area contributed by atoms with Crippen LogP contribution in [-0.4, -0.2) is 4.98 Å². The maximum Gasteiger partial charge on any atom is 0.119 e. The highest BCUT2D eigenvalue weighted by Gasteiger charge is 2.08. The van der Waals surface area contributed by atoms with Gasteiger partial charge in [-0.15, -0.1) is 0 Å². The summed E-state index contributed by atoms with van der Waals surface area (Å²) in [7, 11) is 0. The number of hydrogen-bond donors (Lipinski definition) is 1. The number of halogens is 2. The lowest BCUT2D eigenvalue weighted by Crippen LogP contribution is -2.11. The molecule has 0 aliphatic heterocycles. The van der Waals surface area contributed by atoms with E-state index < -0.39 is 0 Å². The Kier molecular flexibility index (Phi) is 4.09. The van der Waals surface area contributed by atoms with Gasteiger partial charge in [0.2, 0.25) is 0 Å². The molecule has 0 fully saturated rings. The van der Waals surface area contributed by atoms with Crippen molar-refractivity contribution in [1.82, 2.24) is 4.98 Å². The maximum atomic E-state index is 8.45. The van der Waals surface area contributed by atoms with Gasteiger partial charge in [0.05, 0.1) is 24.2 Å². The summed E-state index contributed by atoms with van der Waals surface area (Å²) < 4.78 is 1.81. The largest absolute Gasteiger partial charge is 0.322 e. The molecule has 1 atom stereocenters. The van der Waals surface area contributed by atoms with Gasteiger partial charge in [-0.25, -0.2) is 4.98 Å². The number of rotatable bonds is 2. The van der Waals surface area contributed by atoms with Gasteiger partial charge in [0.1, 0.15) is 4.60 Å². The zero-order valence-corrected chi connectivity index (χ0v) is 10.4. The Labute approximate surface area is 98.6 Å². The van der Waals surface area contributed by atoms with E-state index in [9.17, 15) is 0 Å². The van der Waals surface area contributed by atoms with Crippen molar-refractivity contribution in [3.63, 3.8) is 0 Å². The third kappa shape index (κ3) is 2.90. The molecule has 1 unspecified atom stereocenters. The summed E-state index contributed by atoms with van der Waals surface area (Å²) in [6, 6.07) is 5.49. The molecule has 0 bridgehead atoms. The van der Waals surface area contributed by atoms with Crippen molar-refractivity contribution in [1.29, 1.82) is 5.26 Å². The van der Waals surface area contributed by atoms with Crippen LogP contribution in [0.4, 0.5) is 0 Å². The second kappa shape index (κ2) is 4.88. The second-order valence-electron chi connectivity index (χ2n) is 2.48. The first-order valence-electron chi connectivity index (χ1n) is 3.59. The molecule has 0 aliphatic rings. The van der Waals surface area contributed by atoms with Crippen molar-refractivity contribution >= 4 is 38.5 Å². The van der Waals surface area contributed by atoms with E-state index in [0.29, 0.717) is 6.42 Å². The van der Waals surface area contributed by atoms with Crippen molar-refractivity contribution in [3.05, 3.63) is 26.0 Å². The van der Waals surface area contributed by atoms with Crippen molar-refractivity contribution in [2.45, 2.75) is 12.5 Å². The molecule has 68 valence electrons. The molecule has 1 heterocycles. The number of aromatic nitrogens is 1. The van der Waals surface area contributed by atoms with Gasteiger partial charge in [-0.3, -0.25) is 0 Å². The molecule has 2 N–H and O–H groups in total. The standard InChI is InChI=1S/C8H7BrIN3/c9-8-5(10)1-2-7(13-8)6(12)3-4-11/h1-2,6H,3,12H2. The fraction of sp³-hybridized carbons (Fsp3) is 0.250. The molecule has 5 heteroatoms. The smallest absolute Gasteiger partial charge is 0.119 e. The van der Waals surface area contributed by atoms with E-state index in [1.165, 1.54) is 0 Å². The van der Waals surface area contributed by atoms with E-state index in [-0.39, 0.29) is 6.04 Å². The van der Waals surface area contributed by atoms with Gasteiger partial charge >= 0.3 is 0 Å². The molecule has 0 spiro atoms. The molecular formula is C8H7BrIN3. The minimum Gasteiger partial charge on any atom is -0.322 e. The lowest BCUT2D eigenvalue weighted by Gasteiger charge is -2.07. The minimum absolute atomic E-state index is 0.292. The van der Waals surface area contributed by atoms with Crippen LogP contribution in [0.25, 0.3) is 0 Å². The van der Waals surface area contributed by atoms with E-state index in [2.05, 4.69) is 43.5 Å². The fourth-order valence-electron chi connectivity index (χ4n) is 0.841. The highest BCUT2D eigenvalue weighted by Crippen LogP contribution is 2.19. The van der Waals surface area contributed by atoms with Crippen LogP contribution in [-0.2, 0) is 0 Å². The first-order valence-corrected chi connectivity index (χ1v) is 5.47. The molecule has 1 aromatic rings. The quantitative estimate of drug-likeness (QED) is 0.657. The summed E-state index contributed by atoms with van der Waals surface area (Å²) in [5.74, 6) is 0. The summed E-state index contributed by atoms with van der Waals surface area (Å²) in [5, 5.41) is 8.45. The van der Waals surface area contributed by atoms with Crippen LogP contribution in [0.3, 0.4) is 0 Å². The highest BCUT2D eigenvalue weighted by molar-refractivity contribution is 14.1. The topological polar surface area (TPSA) is 62.7 Å². The SMILES string of the molecule is N#CCC(N)c1ccc(I)c(Br)n1. The molecular weight excluding hydrogens is 345 g/mol. The van der Waals surface area contributed by atoms with Crippen molar-refractivity contribution in [2.75, 3.05) is 0 Å². The van der Waals surface area contributed by atoms with Gasteiger partial charge < -0.3 is 5.73 Å². The fourth-order valence-corrected chi connectivity index (χ4v) is 1.48. The summed E-state index contributed by atoms with van der Waals surface area (Å²) in [6.07, 6.45) is 0.292. The first-order chi connectivity index (χ1) is 6.15. The Bertz CT molecular complexity index is 348. The van der Waals surface area contributed by atoms with E-state index in [4.69, 9.17) is 11.0 Å². The molecule has 0 radical (unpaired) electrons. The first kappa shape index (κ1) is 10.9. The molecule has 13 heavy (non-hydrogen) atoms. The van der Waals surface area contributed by atoms with E-state index in [1.807, 2.05) is 18.2 Å². The normalized spacial score (nSPS) is 12.2. The molecule has 0 amide bonds. The number of hydrogen-bond acceptors (Lipinski definition) is 3. The number of pyridine rings is 1. The zero-order valence-electron chi connectivity index (χ0n) is 6.67. The van der Waals surface area contributed by atoms with E-state index in [1.54, 1.807) is 0 Å². The van der Waals surface area contributed by atoms with Gasteiger partial charge in [0.25, 0.3) is 0 Å². The minimum atomic E-state index is -0.293. The summed E-state index contributed by atoms with van der Waals surface area (Å²) in [6.45, 7) is 0. The third-order valence-corrected chi connectivity index (χ3v) is 3.73. The molecule has 3 nitrogen and oxygen atoms in total. The lowest BCUT2D eigenvalue weighted by molar-refractivity contribution is 0.717. The summed E-state index contributed by atoms with van der Waals surface area (Å²) in [4.78, 5) is 4.22. The molecule has 1 aromatic heterocycles. The Morgan fingerprint density at radius 2 is 2.38 bits per heavy atom. The Hall–Kier alpha value is -0.190. The van der Waals surface area contributed by atoms with Gasteiger partial charge in [-0.05, 0) is 50.7 Å². The monoisotopic (exact) mass is 351 g/mol. The molecule has 0 aliphatic carbocycles. The second-order valence-corrected chi connectivity index (χ2v) is 4.39. The van der Waals surface area contributed by atoms with Crippen LogP contribution < -0.4 is 5.73 Å². The van der Waals surface area contributed by atoms with E-state index >= 15 is 0 Å². The van der Waals surface area contributed by atoms with Gasteiger partial charge in [-0.1, -0.05) is 0 Å². The molecule has 0 saturated heterocycles. The van der Waals surface area contributed by atoms with Crippen LogP contribution in [0.2, 0.25) is 0 Å². The third-order valence-electron chi connectivity index (χ3n) is 1.52. The number of nitrogens with two attached hydrogens (primary N) is 1. The average Bonchev–Trinajstić information content (AvgIpc) is 2.10. The van der Waals surface area contributed by atoms with Crippen molar-refractivity contribution in [2.24, 2.45) is 5.73 Å². The zero-order chi connectivity index (χ0) is 9.84. The number of nitrogens with zero attached hydrogens (tertiary/aromatic N) is 2.